The van der Waals surface area contributed by atoms with Gasteiger partial charge in [0.15, 0.2) is 0 Å². The van der Waals surface area contributed by atoms with Crippen LogP contribution in [0.5, 0.6) is 0 Å². The second-order valence-electron chi connectivity index (χ2n) is 18.2. The van der Waals surface area contributed by atoms with Crippen LogP contribution in [0.1, 0.15) is 85.8 Å². The number of nitrogens with two attached hydrogens (primary N) is 1. The fourth-order valence-electron chi connectivity index (χ4n) is 8.92. The van der Waals surface area contributed by atoms with Crippen molar-refractivity contribution in [2.45, 2.75) is 88.5 Å². The molecule has 6 aromatic heterocycles. The lowest BCUT2D eigenvalue weighted by Gasteiger charge is -2.28. The number of anilines is 7. The number of aliphatic hydroxyl groups is 1. The van der Waals surface area contributed by atoms with Crippen LogP contribution in [0.2, 0.25) is 0 Å². The fourth-order valence-corrected chi connectivity index (χ4v) is 9.24. The van der Waals surface area contributed by atoms with Gasteiger partial charge in [-0.2, -0.15) is 0 Å². The highest BCUT2D eigenvalue weighted by atomic mass is 79.9. The normalized spacial score (nSPS) is 11.5. The number of benzene rings is 3. The van der Waals surface area contributed by atoms with Crippen molar-refractivity contribution in [2.75, 3.05) is 72.7 Å². The van der Waals surface area contributed by atoms with Gasteiger partial charge in [0, 0.05) is 117 Å². The van der Waals surface area contributed by atoms with Crippen LogP contribution in [0, 0.1) is 37.1 Å². The smallest absolute Gasteiger partial charge is 0.137 e. The van der Waals surface area contributed by atoms with E-state index in [1.165, 1.54) is 18.6 Å². The zero-order valence-corrected chi connectivity index (χ0v) is 50.4. The van der Waals surface area contributed by atoms with E-state index in [0.717, 1.165) is 78.1 Å². The van der Waals surface area contributed by atoms with Gasteiger partial charge in [-0.05, 0) is 84.6 Å². The number of aromatic nitrogens is 6. The molecule has 1 aliphatic heterocycles. The number of aliphatic hydroxyl groups excluding tert-OH is 1. The second kappa shape index (κ2) is 32.6. The SMILES string of the molecule is CC.CC.CCC.CCCN(CCC)c1cc(Nc2c(C)c(-c3ccccn3)nc3cc(F)cc(F)c23)c(Br)cn1.CO.Cc1c(-c2ccccn2)nc2cc(F)cc(F)c2c1Nc1cc(N2CCOCC2)ncc1-c1cccc(N)c1. The lowest BCUT2D eigenvalue weighted by molar-refractivity contribution is 0.122. The molecule has 0 atom stereocenters. The average Bonchev–Trinajstić information content (AvgIpc) is 3.57. The Balaban J connectivity index is 0.000000266. The highest BCUT2D eigenvalue weighted by Crippen LogP contribution is 2.41. The summed E-state index contributed by atoms with van der Waals surface area (Å²) in [7, 11) is 1.00. The number of rotatable bonds is 13. The maximum atomic E-state index is 15.4. The largest absolute Gasteiger partial charge is 0.400 e. The zero-order chi connectivity index (χ0) is 59.9. The molecule has 1 fully saturated rings. The molecule has 434 valence electrons. The molecule has 0 unspecified atom stereocenters. The third kappa shape index (κ3) is 16.2. The van der Waals surface area contributed by atoms with Crippen molar-refractivity contribution in [1.29, 1.82) is 0 Å². The topological polar surface area (TPSA) is 163 Å². The molecule has 82 heavy (non-hydrogen) atoms. The molecule has 7 heterocycles. The van der Waals surface area contributed by atoms with Crippen LogP contribution in [0.15, 0.2) is 126 Å². The summed E-state index contributed by atoms with van der Waals surface area (Å²) in [5.41, 5.74) is 14.9. The van der Waals surface area contributed by atoms with Crippen LogP contribution in [-0.2, 0) is 4.74 Å². The molecule has 0 saturated carbocycles. The molecule has 0 bridgehead atoms. The summed E-state index contributed by atoms with van der Waals surface area (Å²) in [5.74, 6) is -1.16. The summed E-state index contributed by atoms with van der Waals surface area (Å²) in [6.07, 6.45) is 10.1. The quantitative estimate of drug-likeness (QED) is 0.0638. The maximum Gasteiger partial charge on any atom is 0.137 e. The van der Waals surface area contributed by atoms with Crippen LogP contribution >= 0.6 is 15.9 Å². The van der Waals surface area contributed by atoms with Crippen molar-refractivity contribution in [3.8, 4) is 33.9 Å². The van der Waals surface area contributed by atoms with E-state index >= 15 is 8.78 Å². The monoisotopic (exact) mass is 1190 g/mol. The Morgan fingerprint density at radius 3 is 1.62 bits per heavy atom. The molecular formula is C64H76BrF4N11O2. The summed E-state index contributed by atoms with van der Waals surface area (Å²) in [6.45, 7) is 24.6. The van der Waals surface area contributed by atoms with Gasteiger partial charge in [0.05, 0.1) is 85.0 Å². The Kier molecular flexibility index (Phi) is 25.8. The molecule has 3 aromatic carbocycles. The van der Waals surface area contributed by atoms with Gasteiger partial charge in [-0.25, -0.2) is 37.5 Å². The maximum absolute atomic E-state index is 15.4. The van der Waals surface area contributed by atoms with Gasteiger partial charge in [0.1, 0.15) is 34.9 Å². The third-order valence-corrected chi connectivity index (χ3v) is 13.0. The van der Waals surface area contributed by atoms with Gasteiger partial charge in [-0.15, -0.1) is 0 Å². The van der Waals surface area contributed by atoms with E-state index in [0.29, 0.717) is 83.0 Å². The van der Waals surface area contributed by atoms with Gasteiger partial charge in [0.2, 0.25) is 0 Å². The Morgan fingerprint density at radius 2 is 1.15 bits per heavy atom. The van der Waals surface area contributed by atoms with Gasteiger partial charge >= 0.3 is 0 Å². The fraction of sp³-hybridized carbons (Fsp3) is 0.312. The first kappa shape index (κ1) is 65.0. The summed E-state index contributed by atoms with van der Waals surface area (Å²) < 4.78 is 65.1. The lowest BCUT2D eigenvalue weighted by atomic mass is 10.0. The van der Waals surface area contributed by atoms with Gasteiger partial charge in [-0.1, -0.05) is 86.1 Å². The number of halogens is 5. The van der Waals surface area contributed by atoms with Gasteiger partial charge in [0.25, 0.3) is 0 Å². The van der Waals surface area contributed by atoms with E-state index in [4.69, 9.17) is 20.6 Å². The molecule has 13 nitrogen and oxygen atoms in total. The van der Waals surface area contributed by atoms with E-state index in [1.54, 1.807) is 30.9 Å². The van der Waals surface area contributed by atoms with Crippen molar-refractivity contribution in [3.05, 3.63) is 161 Å². The first-order chi connectivity index (χ1) is 39.8. The first-order valence-corrected chi connectivity index (χ1v) is 28.6. The minimum Gasteiger partial charge on any atom is -0.400 e. The molecule has 0 amide bonds. The van der Waals surface area contributed by atoms with E-state index < -0.39 is 23.3 Å². The minimum absolute atomic E-state index is 0.189. The van der Waals surface area contributed by atoms with Gasteiger partial charge in [-0.3, -0.25) is 9.97 Å². The Hall–Kier alpha value is -7.80. The van der Waals surface area contributed by atoms with Crippen LogP contribution in [0.25, 0.3) is 55.7 Å². The standard InChI is InChI=1S/C30H26F2N6O.C26H26BrF2N5.C3H8.2C2H6.CH4O/c1-18-29(24-7-2-3-8-34-24)37-26-15-20(31)14-23(32)28(26)30(18)36-25-16-27(38-9-11-39-12-10-38)35-17-22(25)19-5-4-6-21(33)13-19;1-4-10-34(11-5-2)23-14-21(18(27)15-31-23)32-26-16(3)25(20-8-6-7-9-30-20)33-22-13-17(28)12-19(29)24(22)26;1-3-2;3*1-2/h2-8,13-17H,9-12,33H2,1H3,(H,35,36,37);6-9,12-15H,4-5,10-11H2,1-3H3,(H,31,32,33);3H2,1-2H3;2*1-2H3;2H,1H3. The van der Waals surface area contributed by atoms with E-state index in [2.05, 4.69) is 89.0 Å². The second-order valence-corrected chi connectivity index (χ2v) is 19.0. The van der Waals surface area contributed by atoms with E-state index in [9.17, 15) is 8.78 Å². The number of hydrogen-bond donors (Lipinski definition) is 4. The van der Waals surface area contributed by atoms with Crippen molar-refractivity contribution < 1.29 is 27.4 Å². The van der Waals surface area contributed by atoms with Crippen molar-refractivity contribution >= 4 is 77.8 Å². The number of nitrogen functional groups attached to an aromatic ring is 1. The lowest BCUT2D eigenvalue weighted by Crippen LogP contribution is -2.36. The van der Waals surface area contributed by atoms with Crippen molar-refractivity contribution in [3.63, 3.8) is 0 Å². The predicted octanol–water partition coefficient (Wildman–Crippen LogP) is 16.6. The first-order valence-electron chi connectivity index (χ1n) is 27.8. The predicted molar refractivity (Wildman–Crippen MR) is 334 cm³/mol. The highest BCUT2D eigenvalue weighted by Gasteiger charge is 2.23. The number of nitrogens with one attached hydrogen (secondary N) is 2. The van der Waals surface area contributed by atoms with Crippen LogP contribution in [0.3, 0.4) is 0 Å². The van der Waals surface area contributed by atoms with E-state index in [-0.39, 0.29) is 21.8 Å². The molecular weight excluding hydrogens is 1110 g/mol. The van der Waals surface area contributed by atoms with Gasteiger partial charge < -0.3 is 36.0 Å². The molecule has 0 aliphatic carbocycles. The number of fused-ring (bicyclic) bond motifs is 2. The Morgan fingerprint density at radius 1 is 0.634 bits per heavy atom. The minimum atomic E-state index is -0.705. The van der Waals surface area contributed by atoms with Crippen LogP contribution < -0.4 is 26.2 Å². The Labute approximate surface area is 488 Å². The van der Waals surface area contributed by atoms with E-state index in [1.807, 2.05) is 108 Å². The number of morpholine rings is 1. The molecule has 0 radical (unpaired) electrons. The molecule has 18 heteroatoms. The molecule has 0 spiro atoms. The Bertz CT molecular complexity index is 3460. The number of hydrogen-bond acceptors (Lipinski definition) is 13. The summed E-state index contributed by atoms with van der Waals surface area (Å²) in [6, 6.07) is 26.6. The molecule has 1 aliphatic rings. The highest BCUT2D eigenvalue weighted by molar-refractivity contribution is 9.10. The number of nitrogens with zero attached hydrogens (tertiary/aromatic N) is 8. The number of pyridine rings is 6. The average molecular weight is 1190 g/mol. The van der Waals surface area contributed by atoms with Crippen molar-refractivity contribution in [2.24, 2.45) is 0 Å². The molecule has 1 saturated heterocycles. The summed E-state index contributed by atoms with van der Waals surface area (Å²) >= 11 is 3.57. The molecule has 10 rings (SSSR count). The van der Waals surface area contributed by atoms with Crippen molar-refractivity contribution in [1.82, 2.24) is 29.9 Å². The molecule has 9 aromatic rings. The molecule has 5 N–H and O–H groups in total. The van der Waals surface area contributed by atoms with Crippen LogP contribution in [-0.4, -0.2) is 81.5 Å². The third-order valence-electron chi connectivity index (χ3n) is 12.4. The van der Waals surface area contributed by atoms with Crippen LogP contribution in [0.4, 0.5) is 57.6 Å². The number of ether oxygens (including phenoxy) is 1. The zero-order valence-electron chi connectivity index (χ0n) is 48.8. The summed E-state index contributed by atoms with van der Waals surface area (Å²) in [4.78, 5) is 31.7. The summed E-state index contributed by atoms with van der Waals surface area (Å²) in [5, 5.41) is 14.3.